The second-order valence-electron chi connectivity index (χ2n) is 5.65. The first-order valence-corrected chi connectivity index (χ1v) is 8.15. The maximum atomic E-state index is 12.1. The third-order valence-corrected chi connectivity index (χ3v) is 3.79. The highest BCUT2D eigenvalue weighted by atomic mass is 16.3. The normalized spacial score (nSPS) is 10.6. The number of unbranched alkanes of at least 4 members (excludes halogenated alkanes) is 6. The minimum Gasteiger partial charge on any atom is -0.507 e. The van der Waals surface area contributed by atoms with Crippen LogP contribution in [0.1, 0.15) is 72.1 Å². The average Bonchev–Trinajstić information content (AvgIpc) is 2.53. The zero-order valence-electron chi connectivity index (χ0n) is 13.4. The molecule has 1 aromatic carbocycles. The predicted molar refractivity (Wildman–Crippen MR) is 88.7 cm³/mol. The Morgan fingerprint density at radius 3 is 2.36 bits per heavy atom. The maximum Gasteiger partial charge on any atom is 0.166 e. The van der Waals surface area contributed by atoms with Crippen LogP contribution in [0.3, 0.4) is 0 Å². The van der Waals surface area contributed by atoms with Crippen molar-refractivity contribution in [2.75, 3.05) is 13.6 Å². The number of hydrogen-bond donors (Lipinski definition) is 2. The van der Waals surface area contributed by atoms with E-state index in [2.05, 4.69) is 5.32 Å². The molecular weight excluding hydrogens is 278 g/mol. The summed E-state index contributed by atoms with van der Waals surface area (Å²) in [6.45, 7) is 1.08. The van der Waals surface area contributed by atoms with E-state index >= 15 is 0 Å². The van der Waals surface area contributed by atoms with Gasteiger partial charge in [0.15, 0.2) is 5.78 Å². The van der Waals surface area contributed by atoms with E-state index in [9.17, 15) is 14.7 Å². The molecule has 4 nitrogen and oxygen atoms in total. The second-order valence-corrected chi connectivity index (χ2v) is 5.65. The molecule has 0 atom stereocenters. The molecule has 0 aliphatic heterocycles. The molecule has 0 radical (unpaired) electrons. The first-order valence-electron chi connectivity index (χ1n) is 8.15. The van der Waals surface area contributed by atoms with E-state index in [0.717, 1.165) is 25.8 Å². The van der Waals surface area contributed by atoms with Crippen molar-refractivity contribution in [1.29, 1.82) is 0 Å². The van der Waals surface area contributed by atoms with Crippen LogP contribution in [0.2, 0.25) is 0 Å². The zero-order valence-corrected chi connectivity index (χ0v) is 13.4. The van der Waals surface area contributed by atoms with E-state index in [4.69, 9.17) is 0 Å². The summed E-state index contributed by atoms with van der Waals surface area (Å²) in [5, 5.41) is 12.8. The van der Waals surface area contributed by atoms with Crippen LogP contribution in [-0.4, -0.2) is 30.8 Å². The van der Waals surface area contributed by atoms with Gasteiger partial charge in [-0.3, -0.25) is 9.59 Å². The number of phenols is 1. The number of rotatable bonds is 12. The van der Waals surface area contributed by atoms with Crippen LogP contribution >= 0.6 is 0 Å². The topological polar surface area (TPSA) is 66.4 Å². The fourth-order valence-electron chi connectivity index (χ4n) is 2.46. The number of carbonyl (C=O) groups is 2. The fourth-order valence-corrected chi connectivity index (χ4v) is 2.46. The molecule has 0 aliphatic rings. The summed E-state index contributed by atoms with van der Waals surface area (Å²) in [7, 11) is 1.97. The maximum absolute atomic E-state index is 12.1. The molecule has 1 aromatic rings. The molecule has 122 valence electrons. The average molecular weight is 305 g/mol. The molecule has 0 heterocycles. The van der Waals surface area contributed by atoms with E-state index < -0.39 is 0 Å². The van der Waals surface area contributed by atoms with Gasteiger partial charge < -0.3 is 10.4 Å². The van der Waals surface area contributed by atoms with Gasteiger partial charge in [0.05, 0.1) is 5.56 Å². The highest BCUT2D eigenvalue weighted by Gasteiger charge is 2.11. The number of aldehydes is 1. The van der Waals surface area contributed by atoms with Crippen molar-refractivity contribution in [3.05, 3.63) is 29.3 Å². The van der Waals surface area contributed by atoms with Crippen LogP contribution in [0.4, 0.5) is 0 Å². The molecule has 0 saturated carbocycles. The molecule has 0 fully saturated rings. The lowest BCUT2D eigenvalue weighted by Crippen LogP contribution is -2.06. The lowest BCUT2D eigenvalue weighted by molar-refractivity contribution is 0.0976. The van der Waals surface area contributed by atoms with E-state index in [1.165, 1.54) is 43.9 Å². The van der Waals surface area contributed by atoms with E-state index in [1.807, 2.05) is 7.05 Å². The van der Waals surface area contributed by atoms with Crippen molar-refractivity contribution >= 4 is 12.1 Å². The lowest BCUT2D eigenvalue weighted by atomic mass is 10.0. The Labute approximate surface area is 132 Å². The van der Waals surface area contributed by atoms with E-state index in [1.54, 1.807) is 0 Å². The van der Waals surface area contributed by atoms with Crippen LogP contribution in [0.15, 0.2) is 18.2 Å². The van der Waals surface area contributed by atoms with Crippen LogP contribution in [0.25, 0.3) is 0 Å². The van der Waals surface area contributed by atoms with Gasteiger partial charge in [0.2, 0.25) is 0 Å². The molecule has 4 heteroatoms. The van der Waals surface area contributed by atoms with Crippen molar-refractivity contribution in [3.63, 3.8) is 0 Å². The van der Waals surface area contributed by atoms with Crippen molar-refractivity contribution < 1.29 is 14.7 Å². The molecule has 0 bridgehead atoms. The highest BCUT2D eigenvalue weighted by molar-refractivity contribution is 5.99. The third kappa shape index (κ3) is 6.85. The molecule has 2 N–H and O–H groups in total. The summed E-state index contributed by atoms with van der Waals surface area (Å²) in [6, 6.07) is 4.38. The number of ketones is 1. The van der Waals surface area contributed by atoms with Gasteiger partial charge in [0.25, 0.3) is 0 Å². The summed E-state index contributed by atoms with van der Waals surface area (Å²) < 4.78 is 0. The van der Waals surface area contributed by atoms with Crippen molar-refractivity contribution in [2.45, 2.75) is 51.4 Å². The van der Waals surface area contributed by atoms with Gasteiger partial charge in [0.1, 0.15) is 12.0 Å². The molecule has 0 unspecified atom stereocenters. The largest absolute Gasteiger partial charge is 0.507 e. The number of Topliss-reactive ketones (excluding diaryl/α,β-unsaturated/α-hetero) is 1. The Balaban J connectivity index is 2.20. The van der Waals surface area contributed by atoms with Crippen LogP contribution < -0.4 is 5.32 Å². The fraction of sp³-hybridized carbons (Fsp3) is 0.556. The highest BCUT2D eigenvalue weighted by Crippen LogP contribution is 2.21. The number of carbonyl (C=O) groups excluding carboxylic acids is 2. The molecular formula is C18H27NO3. The summed E-state index contributed by atoms with van der Waals surface area (Å²) in [6.07, 6.45) is 9.06. The molecule has 0 aliphatic carbocycles. The number of benzene rings is 1. The van der Waals surface area contributed by atoms with Gasteiger partial charge in [-0.1, -0.05) is 32.1 Å². The molecule has 22 heavy (non-hydrogen) atoms. The van der Waals surface area contributed by atoms with Gasteiger partial charge in [-0.05, 0) is 44.6 Å². The number of phenolic OH excluding ortho intramolecular Hbond substituents is 1. The van der Waals surface area contributed by atoms with Gasteiger partial charge in [-0.25, -0.2) is 0 Å². The number of aromatic hydroxyl groups is 1. The summed E-state index contributed by atoms with van der Waals surface area (Å²) in [5.74, 6) is -0.129. The Hall–Kier alpha value is -1.68. The lowest BCUT2D eigenvalue weighted by Gasteiger charge is -2.05. The molecule has 0 amide bonds. The minimum atomic E-state index is -0.0878. The Kier molecular flexibility index (Phi) is 9.15. The Morgan fingerprint density at radius 1 is 1.09 bits per heavy atom. The quantitative estimate of drug-likeness (QED) is 0.351. The first-order chi connectivity index (χ1) is 10.7. The van der Waals surface area contributed by atoms with Gasteiger partial charge in [-0.15, -0.1) is 0 Å². The van der Waals surface area contributed by atoms with Crippen molar-refractivity contribution in [2.24, 2.45) is 0 Å². The van der Waals surface area contributed by atoms with Crippen LogP contribution in [0.5, 0.6) is 5.75 Å². The monoisotopic (exact) mass is 305 g/mol. The van der Waals surface area contributed by atoms with Crippen LogP contribution in [0, 0.1) is 0 Å². The predicted octanol–water partition coefficient (Wildman–Crippen LogP) is 3.73. The summed E-state index contributed by atoms with van der Waals surface area (Å²) in [4.78, 5) is 22.8. The SMILES string of the molecule is CNCCCCCCCCCC(=O)c1cc(C=O)ccc1O. The van der Waals surface area contributed by atoms with Crippen LogP contribution in [-0.2, 0) is 0 Å². The number of hydrogen-bond acceptors (Lipinski definition) is 4. The Morgan fingerprint density at radius 2 is 1.73 bits per heavy atom. The van der Waals surface area contributed by atoms with Gasteiger partial charge in [-0.2, -0.15) is 0 Å². The number of nitrogens with one attached hydrogen (secondary N) is 1. The summed E-state index contributed by atoms with van der Waals surface area (Å²) in [5.41, 5.74) is 0.680. The minimum absolute atomic E-state index is 0.0415. The molecule has 0 spiro atoms. The van der Waals surface area contributed by atoms with Crippen molar-refractivity contribution in [1.82, 2.24) is 5.32 Å². The second kappa shape index (κ2) is 11.0. The summed E-state index contributed by atoms with van der Waals surface area (Å²) >= 11 is 0. The smallest absolute Gasteiger partial charge is 0.166 e. The molecule has 1 rings (SSSR count). The van der Waals surface area contributed by atoms with E-state index in [0.29, 0.717) is 18.3 Å². The van der Waals surface area contributed by atoms with Gasteiger partial charge in [0, 0.05) is 12.0 Å². The van der Waals surface area contributed by atoms with Crippen molar-refractivity contribution in [3.8, 4) is 5.75 Å². The first kappa shape index (κ1) is 18.4. The standard InChI is InChI=1S/C18H27NO3/c1-19-12-8-6-4-2-3-5-7-9-17(21)16-13-15(14-20)10-11-18(16)22/h10-11,13-14,19,22H,2-9,12H2,1H3. The zero-order chi connectivity index (χ0) is 16.2. The Bertz CT molecular complexity index is 471. The third-order valence-electron chi connectivity index (χ3n) is 3.79. The van der Waals surface area contributed by atoms with Gasteiger partial charge >= 0.3 is 0 Å². The molecule has 0 aromatic heterocycles. The van der Waals surface area contributed by atoms with E-state index in [-0.39, 0.29) is 17.1 Å². The molecule has 0 saturated heterocycles.